The highest BCUT2D eigenvalue weighted by Crippen LogP contribution is 2.23. The predicted molar refractivity (Wildman–Crippen MR) is 66.1 cm³/mol. The van der Waals surface area contributed by atoms with Crippen molar-refractivity contribution in [2.24, 2.45) is 5.73 Å². The average Bonchev–Trinajstić information content (AvgIpc) is 2.19. The summed E-state index contributed by atoms with van der Waals surface area (Å²) < 4.78 is 0. The highest BCUT2D eigenvalue weighted by atomic mass is 35.5. The molecule has 0 aliphatic carbocycles. The number of halogens is 3. The lowest BCUT2D eigenvalue weighted by Gasteiger charge is -2.01. The number of ketones is 1. The summed E-state index contributed by atoms with van der Waals surface area (Å²) >= 11 is 11.6. The number of rotatable bonds is 4. The molecule has 0 aromatic heterocycles. The molecule has 1 aromatic carbocycles. The molecule has 1 aromatic rings. The Morgan fingerprint density at radius 3 is 2.47 bits per heavy atom. The number of hydrogen-bond acceptors (Lipinski definition) is 2. The first-order chi connectivity index (χ1) is 6.63. The fourth-order valence-corrected chi connectivity index (χ4v) is 1.40. The molecule has 0 heterocycles. The van der Waals surface area contributed by atoms with Crippen molar-refractivity contribution in [1.29, 1.82) is 0 Å². The van der Waals surface area contributed by atoms with E-state index in [1.165, 1.54) is 0 Å². The molecular formula is C10H12Cl3NO. The molecular weight excluding hydrogens is 256 g/mol. The summed E-state index contributed by atoms with van der Waals surface area (Å²) in [6, 6.07) is 5.36. The van der Waals surface area contributed by atoms with Gasteiger partial charge in [0.1, 0.15) is 5.78 Å². The summed E-state index contributed by atoms with van der Waals surface area (Å²) in [6.45, 7) is 0.0985. The quantitative estimate of drug-likeness (QED) is 0.912. The van der Waals surface area contributed by atoms with E-state index in [0.717, 1.165) is 5.56 Å². The van der Waals surface area contributed by atoms with Gasteiger partial charge in [0.2, 0.25) is 0 Å². The van der Waals surface area contributed by atoms with Gasteiger partial charge in [-0.3, -0.25) is 4.79 Å². The molecule has 0 fully saturated rings. The van der Waals surface area contributed by atoms with Crippen molar-refractivity contribution in [1.82, 2.24) is 0 Å². The third-order valence-corrected chi connectivity index (χ3v) is 2.64. The van der Waals surface area contributed by atoms with Crippen molar-refractivity contribution in [3.63, 3.8) is 0 Å². The average molecular weight is 269 g/mol. The fourth-order valence-electron chi connectivity index (χ4n) is 1.08. The third-order valence-electron chi connectivity index (χ3n) is 1.90. The molecule has 5 heteroatoms. The predicted octanol–water partition coefficient (Wildman–Crippen LogP) is 2.88. The smallest absolute Gasteiger partial charge is 0.146 e. The molecule has 0 bridgehead atoms. The molecule has 0 unspecified atom stereocenters. The molecule has 0 atom stereocenters. The van der Waals surface area contributed by atoms with Crippen LogP contribution in [-0.2, 0) is 11.2 Å². The highest BCUT2D eigenvalue weighted by molar-refractivity contribution is 6.42. The van der Waals surface area contributed by atoms with Gasteiger partial charge in [0, 0.05) is 6.42 Å². The molecule has 0 aliphatic rings. The van der Waals surface area contributed by atoms with Gasteiger partial charge in [-0.1, -0.05) is 29.3 Å². The van der Waals surface area contributed by atoms with Crippen LogP contribution in [0.1, 0.15) is 12.0 Å². The van der Waals surface area contributed by atoms with Gasteiger partial charge < -0.3 is 5.73 Å². The lowest BCUT2D eigenvalue weighted by molar-refractivity contribution is -0.117. The van der Waals surface area contributed by atoms with Gasteiger partial charge in [-0.2, -0.15) is 0 Å². The topological polar surface area (TPSA) is 43.1 Å². The van der Waals surface area contributed by atoms with Crippen molar-refractivity contribution < 1.29 is 4.79 Å². The van der Waals surface area contributed by atoms with Crippen LogP contribution >= 0.6 is 35.6 Å². The minimum Gasteiger partial charge on any atom is -0.324 e. The number of hydrogen-bond donors (Lipinski definition) is 1. The van der Waals surface area contributed by atoms with E-state index in [-0.39, 0.29) is 24.7 Å². The number of Topliss-reactive ketones (excluding diaryl/α,β-unsaturated/α-hetero) is 1. The highest BCUT2D eigenvalue weighted by Gasteiger charge is 2.02. The second-order valence-electron chi connectivity index (χ2n) is 2.99. The Labute approximate surface area is 105 Å². The number of carbonyl (C=O) groups excluding carboxylic acids is 1. The van der Waals surface area contributed by atoms with Crippen LogP contribution in [0.3, 0.4) is 0 Å². The summed E-state index contributed by atoms with van der Waals surface area (Å²) in [5, 5.41) is 1.05. The summed E-state index contributed by atoms with van der Waals surface area (Å²) in [7, 11) is 0. The van der Waals surface area contributed by atoms with Crippen molar-refractivity contribution in [3.05, 3.63) is 33.8 Å². The van der Waals surface area contributed by atoms with E-state index < -0.39 is 0 Å². The van der Waals surface area contributed by atoms with Crippen molar-refractivity contribution in [2.45, 2.75) is 12.8 Å². The number of aryl methyl sites for hydroxylation is 1. The SMILES string of the molecule is Cl.NCC(=O)CCc1ccc(Cl)c(Cl)c1. The van der Waals surface area contributed by atoms with Crippen LogP contribution in [0, 0.1) is 0 Å². The summed E-state index contributed by atoms with van der Waals surface area (Å²) in [5.74, 6) is 0.0519. The van der Waals surface area contributed by atoms with Gasteiger partial charge in [0.15, 0.2) is 0 Å². The lowest BCUT2D eigenvalue weighted by Crippen LogP contribution is -2.13. The summed E-state index contributed by atoms with van der Waals surface area (Å²) in [4.78, 5) is 11.0. The largest absolute Gasteiger partial charge is 0.324 e. The van der Waals surface area contributed by atoms with Crippen LogP contribution in [0.4, 0.5) is 0 Å². The van der Waals surface area contributed by atoms with Crippen molar-refractivity contribution >= 4 is 41.4 Å². The van der Waals surface area contributed by atoms with Crippen LogP contribution in [-0.4, -0.2) is 12.3 Å². The number of nitrogens with two attached hydrogens (primary N) is 1. The first-order valence-electron chi connectivity index (χ1n) is 4.29. The molecule has 0 spiro atoms. The van der Waals surface area contributed by atoms with Gasteiger partial charge >= 0.3 is 0 Å². The second kappa shape index (κ2) is 7.07. The Morgan fingerprint density at radius 1 is 1.27 bits per heavy atom. The zero-order chi connectivity index (χ0) is 10.6. The molecule has 15 heavy (non-hydrogen) atoms. The van der Waals surface area contributed by atoms with E-state index in [2.05, 4.69) is 0 Å². The Balaban J connectivity index is 0.00000196. The van der Waals surface area contributed by atoms with E-state index >= 15 is 0 Å². The van der Waals surface area contributed by atoms with Crippen LogP contribution in [0.25, 0.3) is 0 Å². The standard InChI is InChI=1S/C10H11Cl2NO.ClH/c11-9-4-2-7(5-10(9)12)1-3-8(14)6-13;/h2,4-5H,1,3,6,13H2;1H. The Kier molecular flexibility index (Phi) is 6.94. The molecule has 2 nitrogen and oxygen atoms in total. The maximum Gasteiger partial charge on any atom is 0.146 e. The molecule has 0 saturated carbocycles. The first kappa shape index (κ1) is 14.7. The molecule has 2 N–H and O–H groups in total. The zero-order valence-electron chi connectivity index (χ0n) is 8.00. The van der Waals surface area contributed by atoms with Gasteiger partial charge in [-0.15, -0.1) is 12.4 Å². The number of carbonyl (C=O) groups is 1. The summed E-state index contributed by atoms with van der Waals surface area (Å²) in [6.07, 6.45) is 1.11. The van der Waals surface area contributed by atoms with E-state index in [1.807, 2.05) is 6.07 Å². The van der Waals surface area contributed by atoms with E-state index in [1.54, 1.807) is 12.1 Å². The Hall–Kier alpha value is -0.280. The Bertz CT molecular complexity index is 341. The van der Waals surface area contributed by atoms with Crippen molar-refractivity contribution in [3.8, 4) is 0 Å². The van der Waals surface area contributed by atoms with Gasteiger partial charge in [0.05, 0.1) is 16.6 Å². The minimum absolute atomic E-state index is 0. The fraction of sp³-hybridized carbons (Fsp3) is 0.300. The van der Waals surface area contributed by atoms with E-state index in [9.17, 15) is 4.79 Å². The molecule has 0 radical (unpaired) electrons. The molecule has 84 valence electrons. The van der Waals surface area contributed by atoms with Gasteiger partial charge in [-0.05, 0) is 24.1 Å². The first-order valence-corrected chi connectivity index (χ1v) is 5.04. The third kappa shape index (κ3) is 4.85. The van der Waals surface area contributed by atoms with Crippen LogP contribution in [0.15, 0.2) is 18.2 Å². The van der Waals surface area contributed by atoms with Gasteiger partial charge in [0.25, 0.3) is 0 Å². The van der Waals surface area contributed by atoms with Crippen LogP contribution in [0.5, 0.6) is 0 Å². The maximum atomic E-state index is 11.0. The van der Waals surface area contributed by atoms with E-state index in [4.69, 9.17) is 28.9 Å². The second-order valence-corrected chi connectivity index (χ2v) is 3.81. The maximum absolute atomic E-state index is 11.0. The molecule has 0 amide bonds. The van der Waals surface area contributed by atoms with Gasteiger partial charge in [-0.25, -0.2) is 0 Å². The van der Waals surface area contributed by atoms with Crippen molar-refractivity contribution in [2.75, 3.05) is 6.54 Å². The van der Waals surface area contributed by atoms with E-state index in [0.29, 0.717) is 22.9 Å². The normalized spacial score (nSPS) is 9.53. The molecule has 1 rings (SSSR count). The summed E-state index contributed by atoms with van der Waals surface area (Å²) in [5.41, 5.74) is 6.19. The van der Waals surface area contributed by atoms with Crippen LogP contribution < -0.4 is 5.73 Å². The Morgan fingerprint density at radius 2 is 1.93 bits per heavy atom. The lowest BCUT2D eigenvalue weighted by atomic mass is 10.1. The van der Waals surface area contributed by atoms with Crippen LogP contribution in [0.2, 0.25) is 10.0 Å². The minimum atomic E-state index is 0. The number of benzene rings is 1. The molecule has 0 saturated heterocycles. The molecule has 0 aliphatic heterocycles. The zero-order valence-corrected chi connectivity index (χ0v) is 10.3. The monoisotopic (exact) mass is 267 g/mol.